The highest BCUT2D eigenvalue weighted by Gasteiger charge is 2.14. The summed E-state index contributed by atoms with van der Waals surface area (Å²) in [6.45, 7) is 0.687. The zero-order valence-corrected chi connectivity index (χ0v) is 13.6. The van der Waals surface area contributed by atoms with Crippen LogP contribution in [-0.2, 0) is 17.8 Å². The van der Waals surface area contributed by atoms with Gasteiger partial charge in [-0.25, -0.2) is 0 Å². The Morgan fingerprint density at radius 1 is 1.19 bits per heavy atom. The van der Waals surface area contributed by atoms with Gasteiger partial charge < -0.3 is 10.6 Å². The molecule has 3 nitrogen and oxygen atoms in total. The molecule has 1 amide bonds. The van der Waals surface area contributed by atoms with Gasteiger partial charge in [0.25, 0.3) is 0 Å². The molecule has 108 valence electrons. The van der Waals surface area contributed by atoms with Crippen molar-refractivity contribution in [2.75, 3.05) is 10.6 Å². The fourth-order valence-corrected chi connectivity index (χ4v) is 2.95. The number of nitrogens with one attached hydrogen (secondary N) is 2. The predicted molar refractivity (Wildman–Crippen MR) is 89.9 cm³/mol. The molecule has 0 saturated carbocycles. The quantitative estimate of drug-likeness (QED) is 0.834. The lowest BCUT2D eigenvalue weighted by molar-refractivity contribution is -0.116. The van der Waals surface area contributed by atoms with Gasteiger partial charge in [-0.15, -0.1) is 0 Å². The molecule has 2 aromatic rings. The van der Waals surface area contributed by atoms with Crippen LogP contribution in [0.25, 0.3) is 0 Å². The summed E-state index contributed by atoms with van der Waals surface area (Å²) < 4.78 is 1.03. The zero-order valence-electron chi connectivity index (χ0n) is 11.2. The Labute approximate surface area is 136 Å². The minimum absolute atomic E-state index is 0.0890. The Morgan fingerprint density at radius 3 is 2.90 bits per heavy atom. The van der Waals surface area contributed by atoms with Crippen molar-refractivity contribution in [1.82, 2.24) is 0 Å². The SMILES string of the molecule is O=C1CCc2cc(NCc3cc(Cl)ccc3Br)ccc2N1. The van der Waals surface area contributed by atoms with Crippen molar-refractivity contribution in [1.29, 1.82) is 0 Å². The van der Waals surface area contributed by atoms with Crippen LogP contribution in [-0.4, -0.2) is 5.91 Å². The maximum atomic E-state index is 11.3. The molecule has 0 atom stereocenters. The molecule has 0 radical (unpaired) electrons. The summed E-state index contributed by atoms with van der Waals surface area (Å²) in [7, 11) is 0. The van der Waals surface area contributed by atoms with Crippen LogP contribution in [0.2, 0.25) is 5.02 Å². The van der Waals surface area contributed by atoms with E-state index in [1.807, 2.05) is 30.3 Å². The van der Waals surface area contributed by atoms with Crippen LogP contribution in [0.4, 0.5) is 11.4 Å². The molecule has 0 unspecified atom stereocenters. The van der Waals surface area contributed by atoms with Crippen molar-refractivity contribution in [3.05, 3.63) is 57.0 Å². The molecule has 0 aliphatic carbocycles. The Balaban J connectivity index is 1.74. The standard InChI is InChI=1S/C16H14BrClN2O/c17-14-4-2-12(18)7-11(14)9-19-13-3-5-15-10(8-13)1-6-16(21)20-15/h2-5,7-8,19H,1,6,9H2,(H,20,21). The Hall–Kier alpha value is -1.52. The van der Waals surface area contributed by atoms with Gasteiger partial charge in [-0.05, 0) is 53.9 Å². The molecule has 1 heterocycles. The zero-order chi connectivity index (χ0) is 14.8. The molecule has 0 aromatic heterocycles. The molecule has 0 saturated heterocycles. The average molecular weight is 366 g/mol. The first-order valence-corrected chi connectivity index (χ1v) is 7.89. The van der Waals surface area contributed by atoms with Crippen LogP contribution in [0.3, 0.4) is 0 Å². The highest BCUT2D eigenvalue weighted by atomic mass is 79.9. The van der Waals surface area contributed by atoms with Gasteiger partial charge >= 0.3 is 0 Å². The van der Waals surface area contributed by atoms with Gasteiger partial charge in [0.05, 0.1) is 0 Å². The Bertz CT molecular complexity index is 703. The number of amides is 1. The van der Waals surface area contributed by atoms with Gasteiger partial charge in [-0.2, -0.15) is 0 Å². The second-order valence-electron chi connectivity index (χ2n) is 5.01. The molecule has 0 spiro atoms. The van der Waals surface area contributed by atoms with E-state index in [9.17, 15) is 4.79 Å². The highest BCUT2D eigenvalue weighted by Crippen LogP contribution is 2.27. The molecular formula is C16H14BrClN2O. The fourth-order valence-electron chi connectivity index (χ4n) is 2.37. The van der Waals surface area contributed by atoms with Crippen LogP contribution in [0.1, 0.15) is 17.5 Å². The van der Waals surface area contributed by atoms with Gasteiger partial charge in [-0.3, -0.25) is 4.79 Å². The number of benzene rings is 2. The summed E-state index contributed by atoms with van der Waals surface area (Å²) in [5.74, 6) is 0.0890. The van der Waals surface area contributed by atoms with Gasteiger partial charge in [-0.1, -0.05) is 27.5 Å². The molecule has 1 aliphatic rings. The van der Waals surface area contributed by atoms with E-state index in [-0.39, 0.29) is 5.91 Å². The number of carbonyl (C=O) groups excluding carboxylic acids is 1. The number of hydrogen-bond donors (Lipinski definition) is 2. The number of aryl methyl sites for hydroxylation is 1. The molecule has 2 aromatic carbocycles. The smallest absolute Gasteiger partial charge is 0.224 e. The maximum absolute atomic E-state index is 11.3. The number of rotatable bonds is 3. The summed E-state index contributed by atoms with van der Waals surface area (Å²) in [6.07, 6.45) is 1.34. The van der Waals surface area contributed by atoms with Crippen molar-refractivity contribution < 1.29 is 4.79 Å². The second kappa shape index (κ2) is 6.08. The van der Waals surface area contributed by atoms with Crippen LogP contribution >= 0.6 is 27.5 Å². The summed E-state index contributed by atoms with van der Waals surface area (Å²) in [5, 5.41) is 7.00. The lowest BCUT2D eigenvalue weighted by atomic mass is 10.0. The molecule has 3 rings (SSSR count). The third-order valence-electron chi connectivity index (χ3n) is 3.49. The van der Waals surface area contributed by atoms with Crippen molar-refractivity contribution in [3.63, 3.8) is 0 Å². The van der Waals surface area contributed by atoms with Gasteiger partial charge in [0.15, 0.2) is 0 Å². The molecule has 5 heteroatoms. The average Bonchev–Trinajstić information content (AvgIpc) is 2.48. The van der Waals surface area contributed by atoms with Crippen LogP contribution < -0.4 is 10.6 Å². The van der Waals surface area contributed by atoms with Crippen molar-refractivity contribution in [2.24, 2.45) is 0 Å². The molecule has 0 bridgehead atoms. The van der Waals surface area contributed by atoms with E-state index in [2.05, 4.69) is 32.6 Å². The van der Waals surface area contributed by atoms with Crippen molar-refractivity contribution in [3.8, 4) is 0 Å². The molecule has 21 heavy (non-hydrogen) atoms. The summed E-state index contributed by atoms with van der Waals surface area (Å²) in [5.41, 5.74) is 4.23. The van der Waals surface area contributed by atoms with Gasteiger partial charge in [0, 0.05) is 33.8 Å². The lowest BCUT2D eigenvalue weighted by Crippen LogP contribution is -2.18. The highest BCUT2D eigenvalue weighted by molar-refractivity contribution is 9.10. The van der Waals surface area contributed by atoms with E-state index in [1.165, 1.54) is 5.56 Å². The van der Waals surface area contributed by atoms with Crippen LogP contribution in [0, 0.1) is 0 Å². The number of hydrogen-bond acceptors (Lipinski definition) is 2. The molecule has 2 N–H and O–H groups in total. The summed E-state index contributed by atoms with van der Waals surface area (Å²) in [6, 6.07) is 11.8. The second-order valence-corrected chi connectivity index (χ2v) is 6.30. The topological polar surface area (TPSA) is 41.1 Å². The summed E-state index contributed by atoms with van der Waals surface area (Å²) >= 11 is 9.54. The Kier molecular flexibility index (Phi) is 4.17. The van der Waals surface area contributed by atoms with E-state index < -0.39 is 0 Å². The largest absolute Gasteiger partial charge is 0.381 e. The fraction of sp³-hybridized carbons (Fsp3) is 0.188. The number of halogens is 2. The number of anilines is 2. The van der Waals surface area contributed by atoms with Crippen LogP contribution in [0.5, 0.6) is 0 Å². The van der Waals surface area contributed by atoms with Crippen molar-refractivity contribution >= 4 is 44.8 Å². The van der Waals surface area contributed by atoms with E-state index in [0.717, 1.165) is 32.9 Å². The van der Waals surface area contributed by atoms with Crippen molar-refractivity contribution in [2.45, 2.75) is 19.4 Å². The lowest BCUT2D eigenvalue weighted by Gasteiger charge is -2.18. The molecular weight excluding hydrogens is 352 g/mol. The normalized spacial score (nSPS) is 13.5. The first kappa shape index (κ1) is 14.4. The third kappa shape index (κ3) is 3.39. The van der Waals surface area contributed by atoms with Gasteiger partial charge in [0.2, 0.25) is 5.91 Å². The van der Waals surface area contributed by atoms with E-state index >= 15 is 0 Å². The number of fused-ring (bicyclic) bond motifs is 1. The van der Waals surface area contributed by atoms with Gasteiger partial charge in [0.1, 0.15) is 0 Å². The van der Waals surface area contributed by atoms with E-state index in [1.54, 1.807) is 0 Å². The van der Waals surface area contributed by atoms with E-state index in [0.29, 0.717) is 13.0 Å². The first-order chi connectivity index (χ1) is 10.1. The maximum Gasteiger partial charge on any atom is 0.224 e. The Morgan fingerprint density at radius 2 is 2.05 bits per heavy atom. The number of carbonyl (C=O) groups is 1. The molecule has 0 fully saturated rings. The molecule has 1 aliphatic heterocycles. The van der Waals surface area contributed by atoms with E-state index in [4.69, 9.17) is 11.6 Å². The monoisotopic (exact) mass is 364 g/mol. The minimum Gasteiger partial charge on any atom is -0.381 e. The van der Waals surface area contributed by atoms with Crippen LogP contribution in [0.15, 0.2) is 40.9 Å². The first-order valence-electron chi connectivity index (χ1n) is 6.72. The summed E-state index contributed by atoms with van der Waals surface area (Å²) in [4.78, 5) is 11.3. The minimum atomic E-state index is 0.0890. The third-order valence-corrected chi connectivity index (χ3v) is 4.50. The predicted octanol–water partition coefficient (Wildman–Crippen LogP) is 4.60.